The van der Waals surface area contributed by atoms with Crippen LogP contribution in [0.4, 0.5) is 0 Å². The largest absolute Gasteiger partial charge is 0.389 e. The number of hydrogen-bond acceptors (Lipinski definition) is 4. The summed E-state index contributed by atoms with van der Waals surface area (Å²) in [4.78, 5) is 5.38. The monoisotopic (exact) mass is 266 g/mol. The number of rotatable bonds is 6. The first kappa shape index (κ1) is 13.3. The Morgan fingerprint density at radius 3 is 2.94 bits per heavy atom. The van der Waals surface area contributed by atoms with Gasteiger partial charge in [0.05, 0.1) is 37.9 Å². The molecule has 1 unspecified atom stereocenters. The molecule has 2 heterocycles. The van der Waals surface area contributed by atoms with Crippen LogP contribution in [0.2, 0.25) is 0 Å². The minimum absolute atomic E-state index is 0.342. The molecule has 18 heavy (non-hydrogen) atoms. The summed E-state index contributed by atoms with van der Waals surface area (Å²) in [6.45, 7) is 5.40. The van der Waals surface area contributed by atoms with Crippen molar-refractivity contribution >= 4 is 11.3 Å². The molecule has 1 N–H and O–H groups in total. The summed E-state index contributed by atoms with van der Waals surface area (Å²) in [6.07, 6.45) is 1.25. The molecule has 0 aliphatic carbocycles. The summed E-state index contributed by atoms with van der Waals surface area (Å²) in [6, 6.07) is 4.03. The van der Waals surface area contributed by atoms with Crippen molar-refractivity contribution in [3.05, 3.63) is 40.1 Å². The van der Waals surface area contributed by atoms with E-state index in [0.29, 0.717) is 19.8 Å². The molecule has 0 aromatic carbocycles. The van der Waals surface area contributed by atoms with Crippen molar-refractivity contribution in [3.8, 4) is 0 Å². The van der Waals surface area contributed by atoms with Gasteiger partial charge in [-0.05, 0) is 25.3 Å². The van der Waals surface area contributed by atoms with Gasteiger partial charge in [-0.25, -0.2) is 4.98 Å². The van der Waals surface area contributed by atoms with Gasteiger partial charge in [0.2, 0.25) is 0 Å². The van der Waals surface area contributed by atoms with E-state index in [0.717, 1.165) is 11.4 Å². The molecule has 0 amide bonds. The molecule has 1 atom stereocenters. The third-order valence-corrected chi connectivity index (χ3v) is 3.74. The second-order valence-corrected chi connectivity index (χ2v) is 5.35. The standard InChI is InChI=1S/C13H18N2O2S/c1-10-11(2)15(9-14-10)6-12(16)7-17-8-13-4-3-5-18-13/h3-5,9,12,16H,6-8H2,1-2H3. The maximum atomic E-state index is 9.89. The van der Waals surface area contributed by atoms with E-state index in [1.807, 2.05) is 35.9 Å². The van der Waals surface area contributed by atoms with Gasteiger partial charge in [0.15, 0.2) is 0 Å². The van der Waals surface area contributed by atoms with E-state index in [-0.39, 0.29) is 0 Å². The lowest BCUT2D eigenvalue weighted by atomic mass is 10.3. The summed E-state index contributed by atoms with van der Waals surface area (Å²) >= 11 is 1.66. The molecule has 0 saturated heterocycles. The maximum absolute atomic E-state index is 9.89. The smallest absolute Gasteiger partial charge is 0.0952 e. The summed E-state index contributed by atoms with van der Waals surface area (Å²) in [5.74, 6) is 0. The highest BCUT2D eigenvalue weighted by Gasteiger charge is 2.09. The van der Waals surface area contributed by atoms with Crippen LogP contribution < -0.4 is 0 Å². The summed E-state index contributed by atoms with van der Waals surface area (Å²) < 4.78 is 7.44. The van der Waals surface area contributed by atoms with E-state index < -0.39 is 6.10 Å². The molecule has 0 fully saturated rings. The molecule has 2 rings (SSSR count). The van der Waals surface area contributed by atoms with E-state index in [1.54, 1.807) is 17.7 Å². The molecule has 0 aliphatic heterocycles. The Bertz CT molecular complexity index is 479. The summed E-state index contributed by atoms with van der Waals surface area (Å²) in [7, 11) is 0. The normalized spacial score (nSPS) is 12.8. The van der Waals surface area contributed by atoms with Crippen LogP contribution in [0.25, 0.3) is 0 Å². The van der Waals surface area contributed by atoms with Crippen molar-refractivity contribution in [2.75, 3.05) is 6.61 Å². The molecule has 98 valence electrons. The van der Waals surface area contributed by atoms with Crippen molar-refractivity contribution in [3.63, 3.8) is 0 Å². The lowest BCUT2D eigenvalue weighted by Gasteiger charge is -2.13. The minimum atomic E-state index is -0.503. The molecular formula is C13H18N2O2S. The number of ether oxygens (including phenoxy) is 1. The Morgan fingerprint density at radius 1 is 1.50 bits per heavy atom. The molecule has 0 spiro atoms. The second-order valence-electron chi connectivity index (χ2n) is 4.32. The van der Waals surface area contributed by atoms with Crippen molar-refractivity contribution in [2.24, 2.45) is 0 Å². The van der Waals surface area contributed by atoms with Gasteiger partial charge in [0, 0.05) is 10.6 Å². The van der Waals surface area contributed by atoms with Gasteiger partial charge in [0.25, 0.3) is 0 Å². The van der Waals surface area contributed by atoms with Gasteiger partial charge < -0.3 is 14.4 Å². The number of nitrogens with zero attached hydrogens (tertiary/aromatic N) is 2. The number of hydrogen-bond donors (Lipinski definition) is 1. The zero-order valence-electron chi connectivity index (χ0n) is 10.7. The van der Waals surface area contributed by atoms with Crippen LogP contribution in [0, 0.1) is 13.8 Å². The summed E-state index contributed by atoms with van der Waals surface area (Å²) in [5, 5.41) is 11.9. The van der Waals surface area contributed by atoms with Crippen LogP contribution >= 0.6 is 11.3 Å². The highest BCUT2D eigenvalue weighted by molar-refractivity contribution is 7.09. The highest BCUT2D eigenvalue weighted by atomic mass is 32.1. The Labute approximate surface area is 111 Å². The van der Waals surface area contributed by atoms with Gasteiger partial charge in [0.1, 0.15) is 0 Å². The molecule has 2 aromatic heterocycles. The lowest BCUT2D eigenvalue weighted by Crippen LogP contribution is -2.22. The second kappa shape index (κ2) is 6.13. The van der Waals surface area contributed by atoms with Gasteiger partial charge in [-0.1, -0.05) is 6.07 Å². The first-order valence-electron chi connectivity index (χ1n) is 5.93. The maximum Gasteiger partial charge on any atom is 0.0952 e. The van der Waals surface area contributed by atoms with Crippen molar-refractivity contribution in [2.45, 2.75) is 33.1 Å². The third kappa shape index (κ3) is 3.41. The number of thiophene rings is 1. The Hall–Kier alpha value is -1.17. The SMILES string of the molecule is Cc1ncn(CC(O)COCc2cccs2)c1C. The van der Waals surface area contributed by atoms with Crippen LogP contribution in [0.5, 0.6) is 0 Å². The zero-order chi connectivity index (χ0) is 13.0. The number of aliphatic hydroxyl groups excluding tert-OH is 1. The van der Waals surface area contributed by atoms with E-state index in [2.05, 4.69) is 4.98 Å². The Kier molecular flexibility index (Phi) is 4.52. The van der Waals surface area contributed by atoms with E-state index >= 15 is 0 Å². The average Bonchev–Trinajstić information content (AvgIpc) is 2.95. The lowest BCUT2D eigenvalue weighted by molar-refractivity contribution is 0.0210. The van der Waals surface area contributed by atoms with Crippen LogP contribution in [0.3, 0.4) is 0 Å². The van der Waals surface area contributed by atoms with Gasteiger partial charge in [-0.3, -0.25) is 0 Å². The van der Waals surface area contributed by atoms with Crippen LogP contribution in [-0.4, -0.2) is 27.4 Å². The van der Waals surface area contributed by atoms with E-state index in [4.69, 9.17) is 4.74 Å². The van der Waals surface area contributed by atoms with Gasteiger partial charge in [-0.2, -0.15) is 0 Å². The first-order chi connectivity index (χ1) is 8.66. The molecule has 2 aromatic rings. The van der Waals surface area contributed by atoms with E-state index in [1.165, 1.54) is 4.88 Å². The van der Waals surface area contributed by atoms with Gasteiger partial charge >= 0.3 is 0 Å². The fourth-order valence-electron chi connectivity index (χ4n) is 1.70. The van der Waals surface area contributed by atoms with Crippen LogP contribution in [0.15, 0.2) is 23.8 Å². The fourth-order valence-corrected chi connectivity index (χ4v) is 2.34. The highest BCUT2D eigenvalue weighted by Crippen LogP contribution is 2.10. The van der Waals surface area contributed by atoms with E-state index in [9.17, 15) is 5.11 Å². The predicted molar refractivity (Wildman–Crippen MR) is 71.7 cm³/mol. The minimum Gasteiger partial charge on any atom is -0.389 e. The molecule has 0 saturated carbocycles. The van der Waals surface area contributed by atoms with Crippen molar-refractivity contribution < 1.29 is 9.84 Å². The van der Waals surface area contributed by atoms with Gasteiger partial charge in [-0.15, -0.1) is 11.3 Å². The Balaban J connectivity index is 1.75. The molecule has 0 bridgehead atoms. The molecule has 0 aliphatic rings. The molecule has 4 nitrogen and oxygen atoms in total. The third-order valence-electron chi connectivity index (χ3n) is 2.89. The number of aromatic nitrogens is 2. The zero-order valence-corrected chi connectivity index (χ0v) is 11.5. The fraction of sp³-hybridized carbons (Fsp3) is 0.462. The average molecular weight is 266 g/mol. The van der Waals surface area contributed by atoms with Crippen molar-refractivity contribution in [1.29, 1.82) is 0 Å². The number of aliphatic hydroxyl groups is 1. The first-order valence-corrected chi connectivity index (χ1v) is 6.81. The Morgan fingerprint density at radius 2 is 2.33 bits per heavy atom. The van der Waals surface area contributed by atoms with Crippen LogP contribution in [0.1, 0.15) is 16.3 Å². The van der Waals surface area contributed by atoms with Crippen molar-refractivity contribution in [1.82, 2.24) is 9.55 Å². The van der Waals surface area contributed by atoms with Crippen LogP contribution in [-0.2, 0) is 17.9 Å². The predicted octanol–water partition coefficient (Wildman–Crippen LogP) is 2.14. The summed E-state index contributed by atoms with van der Waals surface area (Å²) in [5.41, 5.74) is 2.09. The quantitative estimate of drug-likeness (QED) is 0.871. The molecule has 0 radical (unpaired) electrons. The molecule has 5 heteroatoms. The number of imidazole rings is 1. The number of aryl methyl sites for hydroxylation is 1. The molecular weight excluding hydrogens is 248 g/mol. The topological polar surface area (TPSA) is 47.3 Å².